The third-order valence-electron chi connectivity index (χ3n) is 1.99. The molecule has 0 atom stereocenters. The van der Waals surface area contributed by atoms with E-state index in [1.807, 2.05) is 0 Å². The van der Waals surface area contributed by atoms with E-state index in [4.69, 9.17) is 21.1 Å². The van der Waals surface area contributed by atoms with Crippen molar-refractivity contribution in [2.24, 2.45) is 0 Å². The van der Waals surface area contributed by atoms with Gasteiger partial charge in [-0.25, -0.2) is 0 Å². The van der Waals surface area contributed by atoms with Gasteiger partial charge in [0.15, 0.2) is 0 Å². The van der Waals surface area contributed by atoms with E-state index in [1.165, 1.54) is 4.90 Å². The number of hydrogen-bond acceptors (Lipinski definition) is 3. The van der Waals surface area contributed by atoms with Gasteiger partial charge in [0.25, 0.3) is 0 Å². The number of hydrogen-bond donors (Lipinski definition) is 0. The highest BCUT2D eigenvalue weighted by molar-refractivity contribution is 6.66. The largest absolute Gasteiger partial charge is 0.497 e. The summed E-state index contributed by atoms with van der Waals surface area (Å²) in [5, 5.41) is -0.565. The van der Waals surface area contributed by atoms with Gasteiger partial charge in [-0.05, 0) is 11.6 Å². The summed E-state index contributed by atoms with van der Waals surface area (Å²) in [5.41, 5.74) is 0.617. The van der Waals surface area contributed by atoms with Gasteiger partial charge >= 0.3 is 5.37 Å². The number of rotatable bonds is 3. The summed E-state index contributed by atoms with van der Waals surface area (Å²) in [4.78, 5) is 12.3. The number of amides is 1. The van der Waals surface area contributed by atoms with E-state index < -0.39 is 5.37 Å². The Morgan fingerprint density at radius 2 is 1.67 bits per heavy atom. The zero-order chi connectivity index (χ0) is 11.4. The fraction of sp³-hybridized carbons (Fsp3) is 0.300. The maximum Gasteiger partial charge on any atom is 0.320 e. The van der Waals surface area contributed by atoms with E-state index in [9.17, 15) is 4.79 Å². The first-order valence-corrected chi connectivity index (χ1v) is 4.62. The molecule has 0 aliphatic carbocycles. The normalized spacial score (nSPS) is 9.60. The van der Waals surface area contributed by atoms with E-state index in [2.05, 4.69) is 0 Å². The van der Waals surface area contributed by atoms with Crippen LogP contribution in [0.5, 0.6) is 11.5 Å². The number of carbonyl (C=O) groups excluding carboxylic acids is 1. The summed E-state index contributed by atoms with van der Waals surface area (Å²) in [7, 11) is 4.66. The molecule has 1 rings (SSSR count). The van der Waals surface area contributed by atoms with Crippen molar-refractivity contribution >= 4 is 22.7 Å². The van der Waals surface area contributed by atoms with E-state index in [0.29, 0.717) is 17.2 Å². The quantitative estimate of drug-likeness (QED) is 0.591. The molecule has 0 N–H and O–H groups in total. The van der Waals surface area contributed by atoms with Crippen LogP contribution in [0.1, 0.15) is 0 Å². The molecule has 15 heavy (non-hydrogen) atoms. The Labute approximate surface area is 93.3 Å². The van der Waals surface area contributed by atoms with Crippen molar-refractivity contribution in [3.63, 3.8) is 0 Å². The first kappa shape index (κ1) is 11.7. The van der Waals surface area contributed by atoms with Gasteiger partial charge in [0.2, 0.25) is 0 Å². The lowest BCUT2D eigenvalue weighted by molar-refractivity contribution is 0.265. The van der Waals surface area contributed by atoms with Crippen molar-refractivity contribution < 1.29 is 14.3 Å². The molecular weight excluding hydrogens is 218 g/mol. The van der Waals surface area contributed by atoms with Gasteiger partial charge in [-0.1, -0.05) is 0 Å². The highest BCUT2D eigenvalue weighted by atomic mass is 35.5. The molecule has 0 heterocycles. The lowest BCUT2D eigenvalue weighted by atomic mass is 10.2. The zero-order valence-corrected chi connectivity index (χ0v) is 9.54. The van der Waals surface area contributed by atoms with Crippen LogP contribution < -0.4 is 14.4 Å². The molecule has 5 heteroatoms. The number of halogens is 1. The smallest absolute Gasteiger partial charge is 0.320 e. The minimum Gasteiger partial charge on any atom is -0.497 e. The third-order valence-corrected chi connectivity index (χ3v) is 2.24. The highest BCUT2D eigenvalue weighted by Gasteiger charge is 2.10. The first-order chi connectivity index (χ1) is 7.08. The molecule has 0 bridgehead atoms. The van der Waals surface area contributed by atoms with Crippen molar-refractivity contribution in [1.29, 1.82) is 0 Å². The topological polar surface area (TPSA) is 38.8 Å². The van der Waals surface area contributed by atoms with Gasteiger partial charge in [0, 0.05) is 25.2 Å². The molecule has 0 saturated carbocycles. The fourth-order valence-corrected chi connectivity index (χ4v) is 1.19. The molecule has 1 aromatic rings. The van der Waals surface area contributed by atoms with Crippen molar-refractivity contribution in [3.05, 3.63) is 18.2 Å². The summed E-state index contributed by atoms with van der Waals surface area (Å²) in [6.45, 7) is 0. The predicted molar refractivity (Wildman–Crippen MR) is 59.2 cm³/mol. The molecule has 0 aliphatic rings. The number of benzene rings is 1. The van der Waals surface area contributed by atoms with Gasteiger partial charge in [0.05, 0.1) is 19.9 Å². The average Bonchev–Trinajstić information content (AvgIpc) is 2.27. The standard InChI is InChI=1S/C10H12ClNO3/c1-12(10(11)13)7-4-8(14-2)6-9(5-7)15-3/h4-6H,1-3H3. The van der Waals surface area contributed by atoms with Crippen LogP contribution in [0.4, 0.5) is 10.5 Å². The van der Waals surface area contributed by atoms with Gasteiger partial charge in [-0.15, -0.1) is 0 Å². The molecule has 1 aromatic carbocycles. The Morgan fingerprint density at radius 3 is 2.00 bits per heavy atom. The van der Waals surface area contributed by atoms with Gasteiger partial charge in [-0.3, -0.25) is 4.79 Å². The van der Waals surface area contributed by atoms with E-state index >= 15 is 0 Å². The summed E-state index contributed by atoms with van der Waals surface area (Å²) in [6.07, 6.45) is 0. The monoisotopic (exact) mass is 229 g/mol. The predicted octanol–water partition coefficient (Wildman–Crippen LogP) is 2.50. The summed E-state index contributed by atoms with van der Waals surface area (Å²) in [6, 6.07) is 5.11. The minimum absolute atomic E-state index is 0.565. The third kappa shape index (κ3) is 2.76. The summed E-state index contributed by atoms with van der Waals surface area (Å²) >= 11 is 5.36. The number of carbonyl (C=O) groups is 1. The number of ether oxygens (including phenoxy) is 2. The van der Waals surface area contributed by atoms with E-state index in [0.717, 1.165) is 0 Å². The van der Waals surface area contributed by atoms with Crippen LogP contribution in [0.2, 0.25) is 0 Å². The minimum atomic E-state index is -0.565. The Kier molecular flexibility index (Phi) is 3.80. The van der Waals surface area contributed by atoms with Gasteiger partial charge < -0.3 is 14.4 Å². The second kappa shape index (κ2) is 4.89. The molecule has 0 radical (unpaired) electrons. The van der Waals surface area contributed by atoms with Gasteiger partial charge in [-0.2, -0.15) is 0 Å². The Balaban J connectivity index is 3.11. The van der Waals surface area contributed by atoms with Crippen molar-refractivity contribution in [2.45, 2.75) is 0 Å². The highest BCUT2D eigenvalue weighted by Crippen LogP contribution is 2.28. The summed E-state index contributed by atoms with van der Waals surface area (Å²) < 4.78 is 10.1. The number of anilines is 1. The van der Waals surface area contributed by atoms with Crippen molar-refractivity contribution in [2.75, 3.05) is 26.2 Å². The van der Waals surface area contributed by atoms with Crippen LogP contribution in [-0.4, -0.2) is 26.6 Å². The second-order valence-corrected chi connectivity index (χ2v) is 3.21. The Bertz CT molecular complexity index is 345. The molecular formula is C10H12ClNO3. The second-order valence-electron chi connectivity index (χ2n) is 2.88. The number of methoxy groups -OCH3 is 2. The number of nitrogens with zero attached hydrogens (tertiary/aromatic N) is 1. The lowest BCUT2D eigenvalue weighted by Crippen LogP contribution is -2.19. The zero-order valence-electron chi connectivity index (χ0n) is 8.78. The Morgan fingerprint density at radius 1 is 1.20 bits per heavy atom. The maximum absolute atomic E-state index is 11.0. The van der Waals surface area contributed by atoms with Crippen molar-refractivity contribution in [3.8, 4) is 11.5 Å². The molecule has 0 unspecified atom stereocenters. The molecule has 0 saturated heterocycles. The van der Waals surface area contributed by atoms with E-state index in [-0.39, 0.29) is 0 Å². The molecule has 0 aromatic heterocycles. The van der Waals surface area contributed by atoms with Crippen LogP contribution in [0.15, 0.2) is 18.2 Å². The molecule has 0 spiro atoms. The van der Waals surface area contributed by atoms with Crippen LogP contribution in [0.3, 0.4) is 0 Å². The average molecular weight is 230 g/mol. The molecule has 4 nitrogen and oxygen atoms in total. The van der Waals surface area contributed by atoms with Crippen LogP contribution in [0, 0.1) is 0 Å². The summed E-state index contributed by atoms with van der Waals surface area (Å²) in [5.74, 6) is 1.21. The lowest BCUT2D eigenvalue weighted by Gasteiger charge is -2.15. The molecule has 82 valence electrons. The first-order valence-electron chi connectivity index (χ1n) is 4.24. The Hall–Kier alpha value is -1.42. The molecule has 0 aliphatic heterocycles. The van der Waals surface area contributed by atoms with Crippen LogP contribution in [-0.2, 0) is 0 Å². The van der Waals surface area contributed by atoms with E-state index in [1.54, 1.807) is 39.5 Å². The molecule has 1 amide bonds. The van der Waals surface area contributed by atoms with Crippen LogP contribution in [0.25, 0.3) is 0 Å². The fourth-order valence-electron chi connectivity index (χ4n) is 1.09. The van der Waals surface area contributed by atoms with Crippen LogP contribution >= 0.6 is 11.6 Å². The van der Waals surface area contributed by atoms with Crippen molar-refractivity contribution in [1.82, 2.24) is 0 Å². The van der Waals surface area contributed by atoms with Gasteiger partial charge in [0.1, 0.15) is 11.5 Å². The SMILES string of the molecule is COc1cc(OC)cc(N(C)C(=O)Cl)c1. The molecule has 0 fully saturated rings. The maximum atomic E-state index is 11.0.